The van der Waals surface area contributed by atoms with E-state index in [1.165, 1.54) is 16.4 Å². The normalized spacial score (nSPS) is 20.5. The number of rotatable bonds is 6. The number of amides is 1. The van der Waals surface area contributed by atoms with E-state index in [9.17, 15) is 17.6 Å². The molecule has 0 saturated carbocycles. The standard InChI is InChI=1S/C17H25FN2O3S/c1-3-5-13(2)19-17(21)14-6-4-11-20(12-14)24(22,23)16-9-7-15(18)8-10-16/h7-10,13-14H,3-6,11-12H2,1-2H3,(H,19,21)/t13-,14+/m1/s1. The first kappa shape index (κ1) is 18.9. The second-order valence-corrected chi connectivity index (χ2v) is 8.29. The fraction of sp³-hybridized carbons (Fsp3) is 0.588. The second kappa shape index (κ2) is 8.07. The van der Waals surface area contributed by atoms with Crippen LogP contribution < -0.4 is 5.32 Å². The van der Waals surface area contributed by atoms with Crippen LogP contribution in [0.2, 0.25) is 0 Å². The van der Waals surface area contributed by atoms with Crippen LogP contribution in [0.15, 0.2) is 29.2 Å². The molecule has 1 fully saturated rings. The minimum atomic E-state index is -3.70. The number of hydrogen-bond acceptors (Lipinski definition) is 3. The molecule has 1 aliphatic heterocycles. The van der Waals surface area contributed by atoms with Gasteiger partial charge in [-0.1, -0.05) is 13.3 Å². The summed E-state index contributed by atoms with van der Waals surface area (Å²) in [6, 6.07) is 4.88. The molecule has 2 atom stereocenters. The van der Waals surface area contributed by atoms with Gasteiger partial charge in [0.05, 0.1) is 10.8 Å². The van der Waals surface area contributed by atoms with Crippen molar-refractivity contribution in [3.05, 3.63) is 30.1 Å². The molecule has 24 heavy (non-hydrogen) atoms. The first-order chi connectivity index (χ1) is 11.3. The second-order valence-electron chi connectivity index (χ2n) is 6.35. The molecule has 1 saturated heterocycles. The third-order valence-corrected chi connectivity index (χ3v) is 6.20. The average molecular weight is 356 g/mol. The van der Waals surface area contributed by atoms with E-state index in [1.54, 1.807) is 0 Å². The van der Waals surface area contributed by atoms with Crippen molar-refractivity contribution in [3.63, 3.8) is 0 Å². The molecule has 0 unspecified atom stereocenters. The maximum atomic E-state index is 13.0. The maximum Gasteiger partial charge on any atom is 0.243 e. The summed E-state index contributed by atoms with van der Waals surface area (Å²) in [5.41, 5.74) is 0. The van der Waals surface area contributed by atoms with E-state index in [1.807, 2.05) is 6.92 Å². The summed E-state index contributed by atoms with van der Waals surface area (Å²) in [5.74, 6) is -0.905. The Bertz CT molecular complexity index is 661. The number of carbonyl (C=O) groups is 1. The Morgan fingerprint density at radius 1 is 1.38 bits per heavy atom. The highest BCUT2D eigenvalue weighted by Gasteiger charge is 2.33. The Kier molecular flexibility index (Phi) is 6.34. The molecule has 1 aromatic carbocycles. The van der Waals surface area contributed by atoms with Gasteiger partial charge in [0.25, 0.3) is 0 Å². The number of benzene rings is 1. The van der Waals surface area contributed by atoms with Crippen molar-refractivity contribution in [2.24, 2.45) is 5.92 Å². The van der Waals surface area contributed by atoms with Crippen molar-refractivity contribution in [2.75, 3.05) is 13.1 Å². The van der Waals surface area contributed by atoms with Crippen LogP contribution in [0.3, 0.4) is 0 Å². The lowest BCUT2D eigenvalue weighted by Crippen LogP contribution is -2.47. The Morgan fingerprint density at radius 2 is 2.04 bits per heavy atom. The van der Waals surface area contributed by atoms with Gasteiger partial charge in [0.15, 0.2) is 0 Å². The summed E-state index contributed by atoms with van der Waals surface area (Å²) < 4.78 is 39.7. The summed E-state index contributed by atoms with van der Waals surface area (Å²) in [4.78, 5) is 12.4. The predicted octanol–water partition coefficient (Wildman–Crippen LogP) is 2.53. The minimum Gasteiger partial charge on any atom is -0.353 e. The van der Waals surface area contributed by atoms with Crippen molar-refractivity contribution in [1.82, 2.24) is 9.62 Å². The molecular formula is C17H25FN2O3S. The van der Waals surface area contributed by atoms with Crippen molar-refractivity contribution in [2.45, 2.75) is 50.5 Å². The highest BCUT2D eigenvalue weighted by Crippen LogP contribution is 2.24. The molecule has 0 radical (unpaired) electrons. The smallest absolute Gasteiger partial charge is 0.243 e. The van der Waals surface area contributed by atoms with E-state index in [4.69, 9.17) is 0 Å². The van der Waals surface area contributed by atoms with Gasteiger partial charge in [-0.05, 0) is 50.5 Å². The lowest BCUT2D eigenvalue weighted by atomic mass is 9.98. The monoisotopic (exact) mass is 356 g/mol. The molecule has 1 N–H and O–H groups in total. The zero-order valence-electron chi connectivity index (χ0n) is 14.2. The molecule has 1 aliphatic rings. The van der Waals surface area contributed by atoms with Crippen molar-refractivity contribution < 1.29 is 17.6 Å². The van der Waals surface area contributed by atoms with Gasteiger partial charge in [0.2, 0.25) is 15.9 Å². The molecule has 134 valence electrons. The molecule has 0 bridgehead atoms. The Hall–Kier alpha value is -1.47. The highest BCUT2D eigenvalue weighted by atomic mass is 32.2. The lowest BCUT2D eigenvalue weighted by molar-refractivity contribution is -0.126. The predicted molar refractivity (Wildman–Crippen MR) is 90.4 cm³/mol. The lowest BCUT2D eigenvalue weighted by Gasteiger charge is -2.31. The van der Waals surface area contributed by atoms with Crippen LogP contribution in [0.4, 0.5) is 4.39 Å². The van der Waals surface area contributed by atoms with Crippen LogP contribution in [0.1, 0.15) is 39.5 Å². The summed E-state index contributed by atoms with van der Waals surface area (Å²) in [6.07, 6.45) is 3.20. The van der Waals surface area contributed by atoms with E-state index in [0.29, 0.717) is 19.4 Å². The SMILES string of the molecule is CCC[C@@H](C)NC(=O)[C@H]1CCCN(S(=O)(=O)c2ccc(F)cc2)C1. The van der Waals surface area contributed by atoms with E-state index >= 15 is 0 Å². The number of halogens is 1. The van der Waals surface area contributed by atoms with E-state index in [2.05, 4.69) is 12.2 Å². The van der Waals surface area contributed by atoms with E-state index < -0.39 is 15.8 Å². The number of piperidine rings is 1. The third kappa shape index (κ3) is 4.54. The molecule has 2 rings (SSSR count). The highest BCUT2D eigenvalue weighted by molar-refractivity contribution is 7.89. The number of sulfonamides is 1. The zero-order valence-corrected chi connectivity index (χ0v) is 15.0. The van der Waals surface area contributed by atoms with Crippen molar-refractivity contribution in [3.8, 4) is 0 Å². The largest absolute Gasteiger partial charge is 0.353 e. The van der Waals surface area contributed by atoms with Gasteiger partial charge < -0.3 is 5.32 Å². The van der Waals surface area contributed by atoms with Gasteiger partial charge in [-0.2, -0.15) is 4.31 Å². The van der Waals surface area contributed by atoms with Crippen LogP contribution in [-0.2, 0) is 14.8 Å². The number of nitrogens with one attached hydrogen (secondary N) is 1. The van der Waals surface area contributed by atoms with Crippen LogP contribution in [-0.4, -0.2) is 37.8 Å². The molecule has 0 spiro atoms. The summed E-state index contributed by atoms with van der Waals surface area (Å²) in [5, 5.41) is 2.96. The topological polar surface area (TPSA) is 66.5 Å². The zero-order chi connectivity index (χ0) is 17.7. The van der Waals surface area contributed by atoms with Crippen molar-refractivity contribution in [1.29, 1.82) is 0 Å². The molecule has 7 heteroatoms. The Balaban J connectivity index is 2.07. The van der Waals surface area contributed by atoms with Gasteiger partial charge in [-0.15, -0.1) is 0 Å². The molecule has 5 nitrogen and oxygen atoms in total. The molecule has 1 amide bonds. The minimum absolute atomic E-state index is 0.0595. The first-order valence-corrected chi connectivity index (χ1v) is 9.84. The summed E-state index contributed by atoms with van der Waals surface area (Å²) >= 11 is 0. The van der Waals surface area contributed by atoms with Gasteiger partial charge in [-0.3, -0.25) is 4.79 Å². The molecule has 0 aliphatic carbocycles. The number of nitrogens with zero attached hydrogens (tertiary/aromatic N) is 1. The fourth-order valence-electron chi connectivity index (χ4n) is 3.00. The van der Waals surface area contributed by atoms with Gasteiger partial charge in [-0.25, -0.2) is 12.8 Å². The van der Waals surface area contributed by atoms with Gasteiger partial charge in [0.1, 0.15) is 5.82 Å². The van der Waals surface area contributed by atoms with Crippen LogP contribution >= 0.6 is 0 Å². The summed E-state index contributed by atoms with van der Waals surface area (Å²) in [7, 11) is -3.70. The summed E-state index contributed by atoms with van der Waals surface area (Å²) in [6.45, 7) is 4.57. The van der Waals surface area contributed by atoms with E-state index in [-0.39, 0.29) is 29.3 Å². The molecular weight excluding hydrogens is 331 g/mol. The number of carbonyl (C=O) groups excluding carboxylic acids is 1. The first-order valence-electron chi connectivity index (χ1n) is 8.40. The van der Waals surface area contributed by atoms with Crippen LogP contribution in [0.5, 0.6) is 0 Å². The van der Waals surface area contributed by atoms with Crippen molar-refractivity contribution >= 4 is 15.9 Å². The maximum absolute atomic E-state index is 13.0. The molecule has 1 heterocycles. The quantitative estimate of drug-likeness (QED) is 0.852. The van der Waals surface area contributed by atoms with Crippen LogP contribution in [0.25, 0.3) is 0 Å². The van der Waals surface area contributed by atoms with E-state index in [0.717, 1.165) is 25.0 Å². The molecule has 1 aromatic rings. The molecule has 0 aromatic heterocycles. The van der Waals surface area contributed by atoms with Crippen LogP contribution in [0, 0.1) is 11.7 Å². The Labute approximate surface area is 143 Å². The van der Waals surface area contributed by atoms with Gasteiger partial charge >= 0.3 is 0 Å². The Morgan fingerprint density at radius 3 is 2.67 bits per heavy atom. The third-order valence-electron chi connectivity index (χ3n) is 4.32. The average Bonchev–Trinajstić information content (AvgIpc) is 2.55. The fourth-order valence-corrected chi connectivity index (χ4v) is 4.52. The number of hydrogen-bond donors (Lipinski definition) is 1. The van der Waals surface area contributed by atoms with Gasteiger partial charge in [0, 0.05) is 19.1 Å².